The van der Waals surface area contributed by atoms with Crippen LogP contribution >= 0.6 is 0 Å². The monoisotopic (exact) mass is 474 g/mol. The van der Waals surface area contributed by atoms with Gasteiger partial charge >= 0.3 is 6.03 Å². The number of rotatable bonds is 4. The summed E-state index contributed by atoms with van der Waals surface area (Å²) in [4.78, 5) is 34.2. The van der Waals surface area contributed by atoms with E-state index in [-0.39, 0.29) is 24.2 Å². The van der Waals surface area contributed by atoms with E-state index in [9.17, 15) is 14.7 Å². The van der Waals surface area contributed by atoms with Gasteiger partial charge in [-0.15, -0.1) is 0 Å². The number of nitrogens with zero attached hydrogens (tertiary/aromatic N) is 4. The fourth-order valence-electron chi connectivity index (χ4n) is 4.87. The summed E-state index contributed by atoms with van der Waals surface area (Å²) in [5.74, 6) is 0. The lowest BCUT2D eigenvalue weighted by Crippen LogP contribution is -2.55. The van der Waals surface area contributed by atoms with E-state index >= 15 is 0 Å². The van der Waals surface area contributed by atoms with E-state index in [4.69, 9.17) is 4.74 Å². The lowest BCUT2D eigenvalue weighted by Gasteiger charge is -2.43. The molecule has 2 fully saturated rings. The molecule has 1 atom stereocenters. The van der Waals surface area contributed by atoms with Crippen LogP contribution in [0.15, 0.2) is 77.9 Å². The van der Waals surface area contributed by atoms with Gasteiger partial charge < -0.3 is 19.6 Å². The molecule has 35 heavy (non-hydrogen) atoms. The number of aromatic nitrogens is 2. The predicted molar refractivity (Wildman–Crippen MR) is 132 cm³/mol. The molecule has 8 nitrogen and oxygen atoms in total. The Labute approximate surface area is 204 Å². The molecule has 3 heterocycles. The number of urea groups is 1. The Hall–Kier alpha value is -3.49. The fourth-order valence-corrected chi connectivity index (χ4v) is 4.87. The van der Waals surface area contributed by atoms with Gasteiger partial charge in [-0.05, 0) is 18.4 Å². The Morgan fingerprint density at radius 3 is 2.40 bits per heavy atom. The molecule has 2 saturated heterocycles. The summed E-state index contributed by atoms with van der Waals surface area (Å²) in [5.41, 5.74) is 1.27. The van der Waals surface area contributed by atoms with E-state index in [0.717, 1.165) is 11.1 Å². The summed E-state index contributed by atoms with van der Waals surface area (Å²) < 4.78 is 7.12. The zero-order valence-electron chi connectivity index (χ0n) is 19.6. The largest absolute Gasteiger partial charge is 0.388 e. The molecule has 1 unspecified atom stereocenters. The second-order valence-corrected chi connectivity index (χ2v) is 9.30. The highest BCUT2D eigenvalue weighted by atomic mass is 16.5. The standard InChI is InChI=1S/C27H30N4O4/c32-25-17-23(21-7-3-1-4-8-21)28-20-30(25)19-27(34)11-13-29(14-12-27)26(33)31-15-16-35-18-24(31)22-9-5-2-6-10-22/h1-10,17,20,24,34H,11-16,18-19H2. The normalized spacial score (nSPS) is 20.0. The average molecular weight is 475 g/mol. The minimum atomic E-state index is -1.07. The van der Waals surface area contributed by atoms with Gasteiger partial charge in [-0.2, -0.15) is 0 Å². The highest BCUT2D eigenvalue weighted by Gasteiger charge is 2.38. The minimum Gasteiger partial charge on any atom is -0.388 e. The van der Waals surface area contributed by atoms with Gasteiger partial charge in [0.2, 0.25) is 0 Å². The molecule has 2 aliphatic rings. The van der Waals surface area contributed by atoms with Crippen molar-refractivity contribution >= 4 is 6.03 Å². The first-order valence-electron chi connectivity index (χ1n) is 12.0. The molecule has 2 amide bonds. The molecule has 2 aliphatic heterocycles. The Kier molecular flexibility index (Phi) is 6.66. The maximum Gasteiger partial charge on any atom is 0.320 e. The van der Waals surface area contributed by atoms with Crippen LogP contribution < -0.4 is 5.56 Å². The zero-order chi connectivity index (χ0) is 24.3. The Morgan fingerprint density at radius 1 is 1.03 bits per heavy atom. The van der Waals surface area contributed by atoms with Crippen molar-refractivity contribution in [2.75, 3.05) is 32.8 Å². The van der Waals surface area contributed by atoms with Crippen LogP contribution in [0, 0.1) is 0 Å². The summed E-state index contributed by atoms with van der Waals surface area (Å²) in [6.45, 7) is 2.54. The van der Waals surface area contributed by atoms with Crippen molar-refractivity contribution in [3.05, 3.63) is 89.0 Å². The van der Waals surface area contributed by atoms with Gasteiger partial charge in [0.15, 0.2) is 0 Å². The molecule has 2 aromatic carbocycles. The minimum absolute atomic E-state index is 0.0322. The maximum atomic E-state index is 13.4. The number of amides is 2. The van der Waals surface area contributed by atoms with E-state index in [1.165, 1.54) is 17.0 Å². The molecule has 0 spiro atoms. The van der Waals surface area contributed by atoms with Gasteiger partial charge in [0.1, 0.15) is 0 Å². The number of morpholine rings is 1. The lowest BCUT2D eigenvalue weighted by molar-refractivity contribution is -0.0377. The van der Waals surface area contributed by atoms with Gasteiger partial charge in [-0.25, -0.2) is 9.78 Å². The maximum absolute atomic E-state index is 13.4. The van der Waals surface area contributed by atoms with Crippen LogP contribution in [0.3, 0.4) is 0 Å². The van der Waals surface area contributed by atoms with Crippen LogP contribution in [0.4, 0.5) is 4.79 Å². The highest BCUT2D eigenvalue weighted by Crippen LogP contribution is 2.29. The molecule has 0 radical (unpaired) electrons. The van der Waals surface area contributed by atoms with Crippen LogP contribution in [0.1, 0.15) is 24.4 Å². The van der Waals surface area contributed by atoms with Crippen LogP contribution in [0.5, 0.6) is 0 Å². The number of hydrogen-bond acceptors (Lipinski definition) is 5. The number of aliphatic hydroxyl groups is 1. The first-order chi connectivity index (χ1) is 17.0. The van der Waals surface area contributed by atoms with Crippen LogP contribution in [0.2, 0.25) is 0 Å². The molecule has 182 valence electrons. The summed E-state index contributed by atoms with van der Waals surface area (Å²) in [5, 5.41) is 11.2. The van der Waals surface area contributed by atoms with Crippen LogP contribution in [-0.4, -0.2) is 68.9 Å². The molecular formula is C27H30N4O4. The van der Waals surface area contributed by atoms with Crippen LogP contribution in [0.25, 0.3) is 11.3 Å². The number of hydrogen-bond donors (Lipinski definition) is 1. The van der Waals surface area contributed by atoms with Crippen molar-refractivity contribution in [3.8, 4) is 11.3 Å². The Bertz CT molecular complexity index is 1210. The third-order valence-electron chi connectivity index (χ3n) is 6.94. The average Bonchev–Trinajstić information content (AvgIpc) is 2.91. The quantitative estimate of drug-likeness (QED) is 0.628. The molecule has 1 aromatic heterocycles. The van der Waals surface area contributed by atoms with E-state index in [2.05, 4.69) is 4.98 Å². The van der Waals surface area contributed by atoms with E-state index in [1.54, 1.807) is 4.90 Å². The molecule has 1 N–H and O–H groups in total. The summed E-state index contributed by atoms with van der Waals surface area (Å²) >= 11 is 0. The SMILES string of the molecule is O=C(N1CCC(O)(Cn2cnc(-c3ccccc3)cc2=O)CC1)N1CCOCC1c1ccccc1. The Morgan fingerprint density at radius 2 is 1.71 bits per heavy atom. The van der Waals surface area contributed by atoms with Crippen molar-refractivity contribution in [2.24, 2.45) is 0 Å². The summed E-state index contributed by atoms with van der Waals surface area (Å²) in [7, 11) is 0. The first-order valence-corrected chi connectivity index (χ1v) is 12.0. The molecule has 5 rings (SSSR count). The molecule has 0 saturated carbocycles. The third kappa shape index (κ3) is 5.13. The topological polar surface area (TPSA) is 87.9 Å². The fraction of sp³-hybridized carbons (Fsp3) is 0.370. The predicted octanol–water partition coefficient (Wildman–Crippen LogP) is 2.93. The zero-order valence-corrected chi connectivity index (χ0v) is 19.6. The second kappa shape index (κ2) is 10.0. The van der Waals surface area contributed by atoms with Gasteiger partial charge in [0, 0.05) is 31.3 Å². The molecule has 0 aliphatic carbocycles. The number of likely N-dealkylation sites (tertiary alicyclic amines) is 1. The number of carbonyl (C=O) groups excluding carboxylic acids is 1. The van der Waals surface area contributed by atoms with Crippen molar-refractivity contribution in [1.82, 2.24) is 19.4 Å². The highest BCUT2D eigenvalue weighted by molar-refractivity contribution is 5.75. The molecule has 0 bridgehead atoms. The summed E-state index contributed by atoms with van der Waals surface area (Å²) in [6.07, 6.45) is 2.29. The number of benzene rings is 2. The first kappa shape index (κ1) is 23.3. The summed E-state index contributed by atoms with van der Waals surface area (Å²) in [6, 6.07) is 20.8. The molecule has 3 aromatic rings. The number of ether oxygens (including phenoxy) is 1. The van der Waals surface area contributed by atoms with Crippen LogP contribution in [-0.2, 0) is 11.3 Å². The molecular weight excluding hydrogens is 444 g/mol. The van der Waals surface area contributed by atoms with Gasteiger partial charge in [0.25, 0.3) is 5.56 Å². The number of carbonyl (C=O) groups is 1. The van der Waals surface area contributed by atoms with Crippen molar-refractivity contribution < 1.29 is 14.6 Å². The van der Waals surface area contributed by atoms with Gasteiger partial charge in [0.05, 0.1) is 43.4 Å². The number of piperidine rings is 1. The second-order valence-electron chi connectivity index (χ2n) is 9.30. The van der Waals surface area contributed by atoms with E-state index in [0.29, 0.717) is 51.4 Å². The van der Waals surface area contributed by atoms with Gasteiger partial charge in [-0.3, -0.25) is 9.36 Å². The van der Waals surface area contributed by atoms with Gasteiger partial charge in [-0.1, -0.05) is 60.7 Å². The third-order valence-corrected chi connectivity index (χ3v) is 6.94. The van der Waals surface area contributed by atoms with Crippen molar-refractivity contribution in [2.45, 2.75) is 31.0 Å². The lowest BCUT2D eigenvalue weighted by atomic mass is 9.91. The van der Waals surface area contributed by atoms with Crippen molar-refractivity contribution in [1.29, 1.82) is 0 Å². The Balaban J connectivity index is 1.23. The van der Waals surface area contributed by atoms with Crippen molar-refractivity contribution in [3.63, 3.8) is 0 Å². The smallest absolute Gasteiger partial charge is 0.320 e. The van der Waals surface area contributed by atoms with E-state index < -0.39 is 5.60 Å². The molecule has 8 heteroatoms. The van der Waals surface area contributed by atoms with E-state index in [1.807, 2.05) is 65.6 Å².